The lowest BCUT2D eigenvalue weighted by molar-refractivity contribution is 0.0521. The molecule has 0 fully saturated rings. The summed E-state index contributed by atoms with van der Waals surface area (Å²) in [6, 6.07) is 8.28. The van der Waals surface area contributed by atoms with Crippen LogP contribution in [0.1, 0.15) is 42.7 Å². The number of aromatic nitrogens is 1. The second-order valence-corrected chi connectivity index (χ2v) is 5.53. The van der Waals surface area contributed by atoms with Crippen molar-refractivity contribution in [1.29, 1.82) is 0 Å². The van der Waals surface area contributed by atoms with E-state index in [0.717, 1.165) is 17.1 Å². The number of anilines is 2. The third-order valence-corrected chi connectivity index (χ3v) is 3.81. The van der Waals surface area contributed by atoms with Crippen molar-refractivity contribution in [1.82, 2.24) is 4.98 Å². The van der Waals surface area contributed by atoms with Crippen LogP contribution >= 0.6 is 11.3 Å². The fraction of sp³-hybridized carbons (Fsp3) is 0.375. The normalized spacial score (nSPS) is 10.4. The lowest BCUT2D eigenvalue weighted by Gasteiger charge is -2.07. The van der Waals surface area contributed by atoms with E-state index < -0.39 is 0 Å². The van der Waals surface area contributed by atoms with Crippen LogP contribution in [0.5, 0.6) is 0 Å². The van der Waals surface area contributed by atoms with Gasteiger partial charge in [-0.2, -0.15) is 0 Å². The third-order valence-electron chi connectivity index (χ3n) is 3.07. The second-order valence-electron chi connectivity index (χ2n) is 4.68. The zero-order chi connectivity index (χ0) is 15.1. The number of thiazole rings is 1. The molecule has 1 heterocycles. The number of benzene rings is 1. The fourth-order valence-electron chi connectivity index (χ4n) is 1.95. The van der Waals surface area contributed by atoms with Gasteiger partial charge in [0.25, 0.3) is 0 Å². The molecule has 21 heavy (non-hydrogen) atoms. The van der Waals surface area contributed by atoms with Gasteiger partial charge in [-0.1, -0.05) is 25.5 Å². The van der Waals surface area contributed by atoms with Gasteiger partial charge in [0, 0.05) is 5.69 Å². The molecule has 0 spiro atoms. The molecule has 0 aliphatic rings. The molecule has 0 aliphatic carbocycles. The Balaban J connectivity index is 2.05. The number of hydrogen-bond donors (Lipinski definition) is 1. The van der Waals surface area contributed by atoms with E-state index in [1.807, 2.05) is 12.1 Å². The van der Waals surface area contributed by atoms with Gasteiger partial charge in [-0.15, -0.1) is 11.3 Å². The number of esters is 1. The number of hydrogen-bond acceptors (Lipinski definition) is 5. The lowest BCUT2D eigenvalue weighted by Crippen LogP contribution is -2.07. The molecule has 0 atom stereocenters. The number of nitrogens with zero attached hydrogens (tertiary/aromatic N) is 1. The van der Waals surface area contributed by atoms with Gasteiger partial charge in [0.05, 0.1) is 12.1 Å². The highest BCUT2D eigenvalue weighted by Gasteiger charge is 2.16. The van der Waals surface area contributed by atoms with E-state index in [-0.39, 0.29) is 5.97 Å². The Labute approximate surface area is 129 Å². The maximum atomic E-state index is 11.8. The van der Waals surface area contributed by atoms with Gasteiger partial charge in [0.15, 0.2) is 5.69 Å². The zero-order valence-electron chi connectivity index (χ0n) is 12.4. The molecule has 1 aromatic heterocycles. The summed E-state index contributed by atoms with van der Waals surface area (Å²) in [5, 5.41) is 3.95. The largest absolute Gasteiger partial charge is 0.461 e. The van der Waals surface area contributed by atoms with E-state index in [4.69, 9.17) is 4.74 Å². The first kappa shape index (κ1) is 15.5. The number of carbonyl (C=O) groups is 1. The Hall–Kier alpha value is -1.88. The van der Waals surface area contributed by atoms with Crippen LogP contribution in [-0.2, 0) is 11.2 Å². The van der Waals surface area contributed by atoms with Crippen molar-refractivity contribution in [3.05, 3.63) is 41.0 Å². The van der Waals surface area contributed by atoms with Crippen molar-refractivity contribution < 1.29 is 9.53 Å². The minimum Gasteiger partial charge on any atom is -0.461 e. The molecule has 1 N–H and O–H groups in total. The summed E-state index contributed by atoms with van der Waals surface area (Å²) in [7, 11) is 0. The quantitative estimate of drug-likeness (QED) is 0.770. The molecule has 0 aliphatic heterocycles. The van der Waals surface area contributed by atoms with Crippen LogP contribution in [0.3, 0.4) is 0 Å². The predicted molar refractivity (Wildman–Crippen MR) is 86.4 cm³/mol. The molecule has 2 aromatic rings. The molecule has 0 saturated heterocycles. The molecule has 5 heteroatoms. The van der Waals surface area contributed by atoms with E-state index in [1.165, 1.54) is 29.7 Å². The number of carbonyl (C=O) groups excluding carboxylic acids is 1. The summed E-state index contributed by atoms with van der Waals surface area (Å²) in [6.45, 7) is 4.32. The molecule has 112 valence electrons. The monoisotopic (exact) mass is 304 g/mol. The van der Waals surface area contributed by atoms with Crippen LogP contribution in [0.2, 0.25) is 0 Å². The number of nitrogens with one attached hydrogen (secondary N) is 1. The molecular formula is C16H20N2O2S. The van der Waals surface area contributed by atoms with E-state index in [2.05, 4.69) is 29.4 Å². The summed E-state index contributed by atoms with van der Waals surface area (Å²) < 4.78 is 4.99. The standard InChI is InChI=1S/C16H20N2O2S/c1-3-5-6-12-7-9-13(10-8-12)18-15-14(17-11-21-15)16(19)20-4-2/h7-11,18H,3-6H2,1-2H3. The Morgan fingerprint density at radius 3 is 2.71 bits per heavy atom. The van der Waals surface area contributed by atoms with Crippen LogP contribution in [0.25, 0.3) is 0 Å². The van der Waals surface area contributed by atoms with Crippen LogP contribution in [0.4, 0.5) is 10.7 Å². The van der Waals surface area contributed by atoms with Crippen molar-refractivity contribution in [3.8, 4) is 0 Å². The maximum Gasteiger partial charge on any atom is 0.360 e. The molecule has 0 radical (unpaired) electrons. The Morgan fingerprint density at radius 1 is 1.29 bits per heavy atom. The summed E-state index contributed by atoms with van der Waals surface area (Å²) >= 11 is 1.39. The number of aryl methyl sites for hydroxylation is 1. The van der Waals surface area contributed by atoms with Crippen molar-refractivity contribution >= 4 is 28.0 Å². The average Bonchev–Trinajstić information content (AvgIpc) is 2.95. The van der Waals surface area contributed by atoms with Gasteiger partial charge in [-0.25, -0.2) is 9.78 Å². The smallest absolute Gasteiger partial charge is 0.360 e. The van der Waals surface area contributed by atoms with Gasteiger partial charge >= 0.3 is 5.97 Å². The molecule has 1 aromatic carbocycles. The van der Waals surface area contributed by atoms with E-state index in [0.29, 0.717) is 12.3 Å². The third kappa shape index (κ3) is 4.29. The average molecular weight is 304 g/mol. The SMILES string of the molecule is CCCCc1ccc(Nc2scnc2C(=O)OCC)cc1. The van der Waals surface area contributed by atoms with E-state index in [1.54, 1.807) is 12.4 Å². The summed E-state index contributed by atoms with van der Waals surface area (Å²) in [5.41, 5.74) is 4.27. The van der Waals surface area contributed by atoms with Crippen molar-refractivity contribution in [2.75, 3.05) is 11.9 Å². The Morgan fingerprint density at radius 2 is 2.05 bits per heavy atom. The van der Waals surface area contributed by atoms with Gasteiger partial charge in [-0.3, -0.25) is 0 Å². The molecule has 0 unspecified atom stereocenters. The Bertz CT molecular complexity index is 578. The van der Waals surface area contributed by atoms with Gasteiger partial charge in [0.1, 0.15) is 5.00 Å². The van der Waals surface area contributed by atoms with Crippen molar-refractivity contribution in [2.24, 2.45) is 0 Å². The topological polar surface area (TPSA) is 51.2 Å². The van der Waals surface area contributed by atoms with Crippen molar-refractivity contribution in [2.45, 2.75) is 33.1 Å². The molecule has 0 amide bonds. The van der Waals surface area contributed by atoms with Crippen molar-refractivity contribution in [3.63, 3.8) is 0 Å². The maximum absolute atomic E-state index is 11.8. The van der Waals surface area contributed by atoms with Crippen LogP contribution in [-0.4, -0.2) is 17.6 Å². The van der Waals surface area contributed by atoms with Gasteiger partial charge < -0.3 is 10.1 Å². The summed E-state index contributed by atoms with van der Waals surface area (Å²) in [5.74, 6) is -0.388. The lowest BCUT2D eigenvalue weighted by atomic mass is 10.1. The van der Waals surface area contributed by atoms with E-state index >= 15 is 0 Å². The highest BCUT2D eigenvalue weighted by atomic mass is 32.1. The van der Waals surface area contributed by atoms with E-state index in [9.17, 15) is 4.79 Å². The first-order valence-electron chi connectivity index (χ1n) is 7.21. The highest BCUT2D eigenvalue weighted by molar-refractivity contribution is 7.14. The zero-order valence-corrected chi connectivity index (χ0v) is 13.2. The van der Waals surface area contributed by atoms with Gasteiger partial charge in [-0.05, 0) is 37.5 Å². The molecule has 0 saturated carbocycles. The van der Waals surface area contributed by atoms with Crippen LogP contribution in [0, 0.1) is 0 Å². The number of rotatable bonds is 7. The van der Waals surface area contributed by atoms with Crippen LogP contribution < -0.4 is 5.32 Å². The first-order chi connectivity index (χ1) is 10.2. The second kappa shape index (κ2) is 7.78. The summed E-state index contributed by atoms with van der Waals surface area (Å²) in [4.78, 5) is 15.8. The Kier molecular flexibility index (Phi) is 5.75. The minimum atomic E-state index is -0.388. The molecular weight excluding hydrogens is 284 g/mol. The molecule has 2 rings (SSSR count). The highest BCUT2D eigenvalue weighted by Crippen LogP contribution is 2.25. The molecule has 0 bridgehead atoms. The summed E-state index contributed by atoms with van der Waals surface area (Å²) in [6.07, 6.45) is 3.50. The molecule has 4 nitrogen and oxygen atoms in total. The van der Waals surface area contributed by atoms with Gasteiger partial charge in [0.2, 0.25) is 0 Å². The minimum absolute atomic E-state index is 0.344. The predicted octanol–water partition coefficient (Wildman–Crippen LogP) is 4.41. The first-order valence-corrected chi connectivity index (χ1v) is 8.09. The number of ether oxygens (including phenoxy) is 1. The fourth-order valence-corrected chi connectivity index (χ4v) is 2.63. The number of unbranched alkanes of at least 4 members (excludes halogenated alkanes) is 1. The van der Waals surface area contributed by atoms with Crippen LogP contribution in [0.15, 0.2) is 29.8 Å².